The molecule has 0 fully saturated rings. The molecule has 0 spiro atoms. The van der Waals surface area contributed by atoms with Crippen LogP contribution in [0.15, 0.2) is 24.3 Å². The molecule has 0 aliphatic heterocycles. The molecule has 0 amide bonds. The van der Waals surface area contributed by atoms with Crippen molar-refractivity contribution in [1.82, 2.24) is 0 Å². The van der Waals surface area contributed by atoms with Gasteiger partial charge >= 0.3 is 0 Å². The van der Waals surface area contributed by atoms with E-state index in [2.05, 4.69) is 56.9 Å². The van der Waals surface area contributed by atoms with Crippen LogP contribution in [0.5, 0.6) is 0 Å². The highest BCUT2D eigenvalue weighted by Gasteiger charge is 2.11. The van der Waals surface area contributed by atoms with Crippen molar-refractivity contribution in [2.45, 2.75) is 31.7 Å². The molecule has 0 aliphatic carbocycles. The number of hydrogen-bond donors (Lipinski definition) is 1. The standard InChI is InChI=1S/C11H17SSi/c1-4-10(12)9-7-5-6-8-11(9)13(2)3/h5-8,10,12H,4H2,1-3H3. The van der Waals surface area contributed by atoms with Gasteiger partial charge in [0.05, 0.1) is 8.80 Å². The molecular formula is C11H17SSi. The molecule has 1 radical (unpaired) electrons. The van der Waals surface area contributed by atoms with Crippen LogP contribution in [0.4, 0.5) is 0 Å². The highest BCUT2D eigenvalue weighted by molar-refractivity contribution is 7.80. The molecule has 0 aromatic heterocycles. The van der Waals surface area contributed by atoms with Gasteiger partial charge in [-0.05, 0) is 12.0 Å². The smallest absolute Gasteiger partial charge is 0.0795 e. The van der Waals surface area contributed by atoms with Crippen LogP contribution >= 0.6 is 12.6 Å². The highest BCUT2D eigenvalue weighted by Crippen LogP contribution is 2.21. The van der Waals surface area contributed by atoms with Crippen LogP contribution in [0.25, 0.3) is 0 Å². The molecule has 0 N–H and O–H groups in total. The fourth-order valence-corrected chi connectivity index (χ4v) is 3.07. The maximum absolute atomic E-state index is 4.60. The number of thiol groups is 1. The Bertz CT molecular complexity index is 271. The molecule has 71 valence electrons. The fraction of sp³-hybridized carbons (Fsp3) is 0.455. The summed E-state index contributed by atoms with van der Waals surface area (Å²) in [6, 6.07) is 8.71. The van der Waals surface area contributed by atoms with Crippen LogP contribution in [0, 0.1) is 0 Å². The van der Waals surface area contributed by atoms with Crippen molar-refractivity contribution in [3.63, 3.8) is 0 Å². The molecule has 1 aromatic rings. The van der Waals surface area contributed by atoms with Gasteiger partial charge in [0.1, 0.15) is 0 Å². The summed E-state index contributed by atoms with van der Waals surface area (Å²) in [5, 5.41) is 1.95. The monoisotopic (exact) mass is 209 g/mol. The van der Waals surface area contributed by atoms with Crippen LogP contribution in [-0.2, 0) is 0 Å². The SMILES string of the molecule is CCC(S)c1ccccc1[Si](C)C. The molecule has 2 heteroatoms. The Kier molecular flexibility index (Phi) is 4.07. The third kappa shape index (κ3) is 2.61. The first-order valence-electron chi connectivity index (χ1n) is 4.74. The Morgan fingerprint density at radius 2 is 1.92 bits per heavy atom. The van der Waals surface area contributed by atoms with Crippen molar-refractivity contribution in [1.29, 1.82) is 0 Å². The minimum atomic E-state index is -0.345. The molecule has 1 unspecified atom stereocenters. The van der Waals surface area contributed by atoms with Gasteiger partial charge in [0.2, 0.25) is 0 Å². The zero-order valence-electron chi connectivity index (χ0n) is 8.54. The molecule has 0 bridgehead atoms. The van der Waals surface area contributed by atoms with Gasteiger partial charge in [0, 0.05) is 5.25 Å². The van der Waals surface area contributed by atoms with E-state index in [4.69, 9.17) is 0 Å². The number of benzene rings is 1. The summed E-state index contributed by atoms with van der Waals surface area (Å²) in [5.74, 6) is 0. The van der Waals surface area contributed by atoms with Crippen molar-refractivity contribution < 1.29 is 0 Å². The Hall–Kier alpha value is -0.213. The van der Waals surface area contributed by atoms with E-state index in [0.29, 0.717) is 5.25 Å². The summed E-state index contributed by atoms with van der Waals surface area (Å²) in [5.41, 5.74) is 1.44. The van der Waals surface area contributed by atoms with Gasteiger partial charge in [-0.2, -0.15) is 12.6 Å². The molecule has 1 aromatic carbocycles. The second kappa shape index (κ2) is 4.87. The highest BCUT2D eigenvalue weighted by atomic mass is 32.1. The lowest BCUT2D eigenvalue weighted by molar-refractivity contribution is 0.907. The summed E-state index contributed by atoms with van der Waals surface area (Å²) >= 11 is 4.60. The molecule has 1 atom stereocenters. The average Bonchev–Trinajstić information content (AvgIpc) is 2.16. The zero-order chi connectivity index (χ0) is 9.84. The average molecular weight is 209 g/mol. The summed E-state index contributed by atoms with van der Waals surface area (Å²) in [6.45, 7) is 6.85. The van der Waals surface area contributed by atoms with Gasteiger partial charge in [-0.3, -0.25) is 0 Å². The lowest BCUT2D eigenvalue weighted by Gasteiger charge is -2.15. The van der Waals surface area contributed by atoms with E-state index in [9.17, 15) is 0 Å². The normalized spacial score (nSPS) is 13.3. The van der Waals surface area contributed by atoms with Crippen molar-refractivity contribution in [2.75, 3.05) is 0 Å². The minimum Gasteiger partial charge on any atom is -0.171 e. The van der Waals surface area contributed by atoms with Crippen molar-refractivity contribution >= 4 is 26.6 Å². The summed E-state index contributed by atoms with van der Waals surface area (Å²) in [4.78, 5) is 0. The predicted molar refractivity (Wildman–Crippen MR) is 65.6 cm³/mol. The number of hydrogen-bond acceptors (Lipinski definition) is 1. The maximum Gasteiger partial charge on any atom is 0.0795 e. The topological polar surface area (TPSA) is 0 Å². The van der Waals surface area contributed by atoms with E-state index < -0.39 is 0 Å². The van der Waals surface area contributed by atoms with Gasteiger partial charge in [-0.25, -0.2) is 0 Å². The van der Waals surface area contributed by atoms with Crippen molar-refractivity contribution in [2.24, 2.45) is 0 Å². The molecule has 13 heavy (non-hydrogen) atoms. The first kappa shape index (κ1) is 10.9. The second-order valence-electron chi connectivity index (χ2n) is 3.51. The minimum absolute atomic E-state index is 0.345. The van der Waals surface area contributed by atoms with E-state index in [1.807, 2.05) is 0 Å². The predicted octanol–water partition coefficient (Wildman–Crippen LogP) is 3.03. The van der Waals surface area contributed by atoms with Gasteiger partial charge in [-0.1, -0.05) is 49.5 Å². The molecular weight excluding hydrogens is 192 g/mol. The Labute approximate surface area is 88.4 Å². The van der Waals surface area contributed by atoms with Crippen LogP contribution in [0.3, 0.4) is 0 Å². The van der Waals surface area contributed by atoms with Gasteiger partial charge in [-0.15, -0.1) is 0 Å². The molecule has 0 aliphatic rings. The van der Waals surface area contributed by atoms with Crippen molar-refractivity contribution in [3.8, 4) is 0 Å². The van der Waals surface area contributed by atoms with Crippen LogP contribution in [0.1, 0.15) is 24.2 Å². The summed E-state index contributed by atoms with van der Waals surface area (Å²) in [7, 11) is -0.345. The summed E-state index contributed by atoms with van der Waals surface area (Å²) < 4.78 is 0. The van der Waals surface area contributed by atoms with Gasteiger partial charge in [0.15, 0.2) is 0 Å². The lowest BCUT2D eigenvalue weighted by Crippen LogP contribution is -2.27. The molecule has 0 saturated heterocycles. The van der Waals surface area contributed by atoms with E-state index in [1.165, 1.54) is 10.8 Å². The van der Waals surface area contributed by atoms with E-state index in [0.717, 1.165) is 6.42 Å². The zero-order valence-corrected chi connectivity index (χ0v) is 10.4. The summed E-state index contributed by atoms with van der Waals surface area (Å²) in [6.07, 6.45) is 1.11. The number of rotatable bonds is 3. The molecule has 0 heterocycles. The van der Waals surface area contributed by atoms with Crippen LogP contribution < -0.4 is 5.19 Å². The Morgan fingerprint density at radius 3 is 2.46 bits per heavy atom. The fourth-order valence-electron chi connectivity index (χ4n) is 1.46. The van der Waals surface area contributed by atoms with Gasteiger partial charge in [0.25, 0.3) is 0 Å². The third-order valence-electron chi connectivity index (χ3n) is 2.25. The first-order chi connectivity index (χ1) is 6.16. The molecule has 1 rings (SSSR count). The second-order valence-corrected chi connectivity index (χ2v) is 6.67. The van der Waals surface area contributed by atoms with E-state index in [-0.39, 0.29) is 8.80 Å². The third-order valence-corrected chi connectivity index (χ3v) is 4.42. The molecule has 0 nitrogen and oxygen atoms in total. The van der Waals surface area contributed by atoms with Crippen molar-refractivity contribution in [3.05, 3.63) is 29.8 Å². The maximum atomic E-state index is 4.60. The quantitative estimate of drug-likeness (QED) is 0.574. The first-order valence-corrected chi connectivity index (χ1v) is 7.76. The van der Waals surface area contributed by atoms with Crippen LogP contribution in [-0.4, -0.2) is 8.80 Å². The molecule has 0 saturated carbocycles. The Balaban J connectivity index is 3.04. The Morgan fingerprint density at radius 1 is 1.31 bits per heavy atom. The largest absolute Gasteiger partial charge is 0.171 e. The van der Waals surface area contributed by atoms with E-state index in [1.54, 1.807) is 0 Å². The lowest BCUT2D eigenvalue weighted by atomic mass is 10.1. The van der Waals surface area contributed by atoms with Gasteiger partial charge < -0.3 is 0 Å². The van der Waals surface area contributed by atoms with E-state index >= 15 is 0 Å². The van der Waals surface area contributed by atoms with Crippen LogP contribution in [0.2, 0.25) is 13.1 Å².